The van der Waals surface area contributed by atoms with Gasteiger partial charge >= 0.3 is 0 Å². The fourth-order valence-electron chi connectivity index (χ4n) is 2.03. The summed E-state index contributed by atoms with van der Waals surface area (Å²) < 4.78 is 7.62. The van der Waals surface area contributed by atoms with Gasteiger partial charge in [0.15, 0.2) is 5.78 Å². The van der Waals surface area contributed by atoms with Crippen LogP contribution in [0.3, 0.4) is 0 Å². The highest BCUT2D eigenvalue weighted by atomic mass is 79.9. The number of aryl methyl sites for hydroxylation is 1. The van der Waals surface area contributed by atoms with Crippen LogP contribution in [-0.4, -0.2) is 22.7 Å². The molecule has 0 spiro atoms. The number of hydrogen-bond donors (Lipinski definition) is 0. The molecule has 0 aliphatic heterocycles. The molecule has 0 saturated carbocycles. The van der Waals surface area contributed by atoms with E-state index in [2.05, 4.69) is 28.0 Å². The van der Waals surface area contributed by atoms with Gasteiger partial charge in [0.1, 0.15) is 11.4 Å². The lowest BCUT2D eigenvalue weighted by Gasteiger charge is -2.07. The van der Waals surface area contributed by atoms with E-state index in [4.69, 9.17) is 4.74 Å². The molecular formula is C15H17BrN2O2. The first-order valence-electron chi connectivity index (χ1n) is 6.53. The summed E-state index contributed by atoms with van der Waals surface area (Å²) >= 11 is 3.40. The Balaban J connectivity index is 2.16. The van der Waals surface area contributed by atoms with Crippen molar-refractivity contribution in [1.82, 2.24) is 9.78 Å². The average molecular weight is 337 g/mol. The molecule has 0 bridgehead atoms. The molecule has 0 atom stereocenters. The first kappa shape index (κ1) is 14.8. The number of methoxy groups -OCH3 is 1. The third-order valence-corrected chi connectivity index (χ3v) is 3.60. The molecule has 0 aliphatic rings. The fourth-order valence-corrected chi connectivity index (χ4v) is 2.55. The van der Waals surface area contributed by atoms with E-state index in [1.54, 1.807) is 18.0 Å². The van der Waals surface area contributed by atoms with Crippen LogP contribution in [-0.2, 0) is 13.0 Å². The Labute approximate surface area is 126 Å². The molecule has 4 nitrogen and oxygen atoms in total. The average Bonchev–Trinajstić information content (AvgIpc) is 2.81. The van der Waals surface area contributed by atoms with Crippen LogP contribution in [0.4, 0.5) is 0 Å². The normalized spacial score (nSPS) is 10.6. The highest BCUT2D eigenvalue weighted by molar-refractivity contribution is 9.10. The Kier molecular flexibility index (Phi) is 4.95. The molecule has 0 N–H and O–H groups in total. The van der Waals surface area contributed by atoms with Crippen molar-refractivity contribution < 1.29 is 9.53 Å². The van der Waals surface area contributed by atoms with E-state index in [0.29, 0.717) is 12.1 Å². The number of ketones is 1. The standard InChI is InChI=1S/C15H17BrN2O2/c1-3-8-18-15(13(16)10-17-18)14(19)9-11-4-6-12(20-2)7-5-11/h4-7,10H,3,8-9H2,1-2H3. The summed E-state index contributed by atoms with van der Waals surface area (Å²) in [6.07, 6.45) is 2.98. The molecule has 1 aromatic heterocycles. The van der Waals surface area contributed by atoms with Crippen molar-refractivity contribution in [3.05, 3.63) is 46.2 Å². The molecule has 5 heteroatoms. The Hall–Kier alpha value is -1.62. The lowest BCUT2D eigenvalue weighted by atomic mass is 10.1. The van der Waals surface area contributed by atoms with E-state index in [1.807, 2.05) is 24.3 Å². The number of hydrogen-bond acceptors (Lipinski definition) is 3. The molecule has 0 unspecified atom stereocenters. The lowest BCUT2D eigenvalue weighted by molar-refractivity contribution is 0.0981. The predicted octanol–water partition coefficient (Wildman–Crippen LogP) is 3.49. The molecule has 0 saturated heterocycles. The van der Waals surface area contributed by atoms with Crippen molar-refractivity contribution in [1.29, 1.82) is 0 Å². The number of benzene rings is 1. The van der Waals surface area contributed by atoms with Gasteiger partial charge in [-0.15, -0.1) is 0 Å². The third-order valence-electron chi connectivity index (χ3n) is 3.02. The van der Waals surface area contributed by atoms with Gasteiger partial charge in [-0.3, -0.25) is 9.48 Å². The molecule has 2 aromatic rings. The number of rotatable bonds is 6. The van der Waals surface area contributed by atoms with Gasteiger partial charge < -0.3 is 4.74 Å². The molecule has 106 valence electrons. The Morgan fingerprint density at radius 1 is 1.35 bits per heavy atom. The van der Waals surface area contributed by atoms with Gasteiger partial charge in [0, 0.05) is 13.0 Å². The van der Waals surface area contributed by atoms with Crippen LogP contribution in [0, 0.1) is 0 Å². The summed E-state index contributed by atoms with van der Waals surface area (Å²) in [5, 5.41) is 4.22. The molecule has 1 aromatic carbocycles. The van der Waals surface area contributed by atoms with E-state index < -0.39 is 0 Å². The zero-order valence-corrected chi connectivity index (χ0v) is 13.2. The van der Waals surface area contributed by atoms with E-state index >= 15 is 0 Å². The molecule has 2 rings (SSSR count). The Morgan fingerprint density at radius 2 is 2.05 bits per heavy atom. The first-order chi connectivity index (χ1) is 9.65. The van der Waals surface area contributed by atoms with Crippen LogP contribution < -0.4 is 4.74 Å². The molecule has 0 radical (unpaired) electrons. The molecule has 0 fully saturated rings. The highest BCUT2D eigenvalue weighted by Crippen LogP contribution is 2.20. The second-order valence-corrected chi connectivity index (χ2v) is 5.37. The monoisotopic (exact) mass is 336 g/mol. The number of ether oxygens (including phenoxy) is 1. The third kappa shape index (κ3) is 3.28. The molecule has 20 heavy (non-hydrogen) atoms. The number of aromatic nitrogens is 2. The molecule has 1 heterocycles. The van der Waals surface area contributed by atoms with E-state index in [0.717, 1.165) is 28.8 Å². The number of carbonyl (C=O) groups excluding carboxylic acids is 1. The SMILES string of the molecule is CCCn1ncc(Br)c1C(=O)Cc1ccc(OC)cc1. The van der Waals surface area contributed by atoms with Gasteiger partial charge in [0.05, 0.1) is 17.8 Å². The summed E-state index contributed by atoms with van der Waals surface area (Å²) in [4.78, 5) is 12.4. The van der Waals surface area contributed by atoms with Crippen molar-refractivity contribution in [2.45, 2.75) is 26.3 Å². The van der Waals surface area contributed by atoms with Crippen LogP contribution in [0.5, 0.6) is 5.75 Å². The maximum absolute atomic E-state index is 12.4. The van der Waals surface area contributed by atoms with E-state index in [1.165, 1.54) is 0 Å². The minimum atomic E-state index is 0.0630. The zero-order valence-electron chi connectivity index (χ0n) is 11.6. The maximum Gasteiger partial charge on any atom is 0.186 e. The second-order valence-electron chi connectivity index (χ2n) is 4.51. The summed E-state index contributed by atoms with van der Waals surface area (Å²) in [6, 6.07) is 7.54. The van der Waals surface area contributed by atoms with Gasteiger partial charge in [-0.05, 0) is 40.0 Å². The van der Waals surface area contributed by atoms with Crippen LogP contribution in [0.1, 0.15) is 29.4 Å². The smallest absolute Gasteiger partial charge is 0.186 e. The summed E-state index contributed by atoms with van der Waals surface area (Å²) in [5.74, 6) is 0.853. The Bertz CT molecular complexity index is 590. The summed E-state index contributed by atoms with van der Waals surface area (Å²) in [6.45, 7) is 2.81. The lowest BCUT2D eigenvalue weighted by Crippen LogP contribution is -2.13. The van der Waals surface area contributed by atoms with Crippen LogP contribution in [0.15, 0.2) is 34.9 Å². The van der Waals surface area contributed by atoms with Crippen LogP contribution in [0.25, 0.3) is 0 Å². The van der Waals surface area contributed by atoms with Crippen LogP contribution in [0.2, 0.25) is 0 Å². The molecule has 0 amide bonds. The second kappa shape index (κ2) is 6.70. The number of Topliss-reactive ketones (excluding diaryl/α,β-unsaturated/α-hetero) is 1. The van der Waals surface area contributed by atoms with Crippen LogP contribution >= 0.6 is 15.9 Å². The minimum Gasteiger partial charge on any atom is -0.497 e. The van der Waals surface area contributed by atoms with Gasteiger partial charge in [-0.25, -0.2) is 0 Å². The first-order valence-corrected chi connectivity index (χ1v) is 7.32. The number of carbonyl (C=O) groups is 1. The van der Waals surface area contributed by atoms with Crippen molar-refractivity contribution >= 4 is 21.7 Å². The van der Waals surface area contributed by atoms with Gasteiger partial charge in [0.2, 0.25) is 0 Å². The molecular weight excluding hydrogens is 320 g/mol. The van der Waals surface area contributed by atoms with Gasteiger partial charge in [0.25, 0.3) is 0 Å². The van der Waals surface area contributed by atoms with Crippen molar-refractivity contribution in [3.8, 4) is 5.75 Å². The largest absolute Gasteiger partial charge is 0.497 e. The van der Waals surface area contributed by atoms with E-state index in [-0.39, 0.29) is 5.78 Å². The van der Waals surface area contributed by atoms with E-state index in [9.17, 15) is 4.79 Å². The highest BCUT2D eigenvalue weighted by Gasteiger charge is 2.17. The number of halogens is 1. The summed E-state index contributed by atoms with van der Waals surface area (Å²) in [7, 11) is 1.63. The quantitative estimate of drug-likeness (QED) is 0.758. The number of nitrogens with zero attached hydrogens (tertiary/aromatic N) is 2. The zero-order chi connectivity index (χ0) is 14.5. The topological polar surface area (TPSA) is 44.1 Å². The maximum atomic E-state index is 12.4. The van der Waals surface area contributed by atoms with Crippen molar-refractivity contribution in [2.24, 2.45) is 0 Å². The summed E-state index contributed by atoms with van der Waals surface area (Å²) in [5.41, 5.74) is 1.61. The van der Waals surface area contributed by atoms with Crippen molar-refractivity contribution in [2.75, 3.05) is 7.11 Å². The minimum absolute atomic E-state index is 0.0630. The van der Waals surface area contributed by atoms with Gasteiger partial charge in [-0.1, -0.05) is 19.1 Å². The van der Waals surface area contributed by atoms with Gasteiger partial charge in [-0.2, -0.15) is 5.10 Å². The molecule has 0 aliphatic carbocycles. The Morgan fingerprint density at radius 3 is 2.65 bits per heavy atom. The predicted molar refractivity (Wildman–Crippen MR) is 81.2 cm³/mol. The van der Waals surface area contributed by atoms with Crippen molar-refractivity contribution in [3.63, 3.8) is 0 Å². The fraction of sp³-hybridized carbons (Fsp3) is 0.333.